The topological polar surface area (TPSA) is 90.4 Å². The Morgan fingerprint density at radius 2 is 1.30 bits per heavy atom. The Kier molecular flexibility index (Phi) is 16.4. The van der Waals surface area contributed by atoms with Gasteiger partial charge in [0.05, 0.1) is 13.2 Å². The molecule has 1 heterocycles. The summed E-state index contributed by atoms with van der Waals surface area (Å²) in [7, 11) is 0. The number of hydrogen-bond acceptors (Lipinski definition) is 5. The first-order valence-electron chi connectivity index (χ1n) is 13.1. The van der Waals surface area contributed by atoms with Gasteiger partial charge in [-0.15, -0.1) is 0 Å². The monoisotopic (exact) mass is 469 g/mol. The van der Waals surface area contributed by atoms with Crippen molar-refractivity contribution in [2.45, 2.75) is 90.9 Å². The third-order valence-corrected chi connectivity index (χ3v) is 6.21. The summed E-state index contributed by atoms with van der Waals surface area (Å²) in [5.41, 5.74) is 0. The van der Waals surface area contributed by atoms with Gasteiger partial charge in [0.1, 0.15) is 0 Å². The smallest absolute Gasteiger partial charge is 0.407 e. The zero-order valence-electron chi connectivity index (χ0n) is 21.1. The van der Waals surface area contributed by atoms with Crippen LogP contribution in [-0.4, -0.2) is 90.2 Å². The molecule has 0 atom stereocenters. The highest BCUT2D eigenvalue weighted by atomic mass is 16.5. The summed E-state index contributed by atoms with van der Waals surface area (Å²) >= 11 is 0. The first kappa shape index (κ1) is 29.2. The summed E-state index contributed by atoms with van der Waals surface area (Å²) in [6, 6.07) is 0. The van der Waals surface area contributed by atoms with Crippen molar-refractivity contribution in [3.8, 4) is 0 Å². The molecule has 0 saturated carbocycles. The van der Waals surface area contributed by atoms with Gasteiger partial charge in [0.15, 0.2) is 0 Å². The highest BCUT2D eigenvalue weighted by Gasteiger charge is 2.24. The molecule has 0 aromatic carbocycles. The van der Waals surface area contributed by atoms with Crippen molar-refractivity contribution >= 4 is 18.0 Å². The molecular weight excluding hydrogens is 422 g/mol. The van der Waals surface area contributed by atoms with Crippen LogP contribution in [0.15, 0.2) is 0 Å². The first-order chi connectivity index (χ1) is 16.0. The van der Waals surface area contributed by atoms with E-state index in [4.69, 9.17) is 9.84 Å². The summed E-state index contributed by atoms with van der Waals surface area (Å²) in [4.78, 5) is 41.1. The molecule has 192 valence electrons. The predicted octanol–water partition coefficient (Wildman–Crippen LogP) is 4.37. The quantitative estimate of drug-likeness (QED) is 0.237. The van der Waals surface area contributed by atoms with Gasteiger partial charge >= 0.3 is 12.1 Å². The Bertz CT molecular complexity index is 550. The van der Waals surface area contributed by atoms with Crippen molar-refractivity contribution in [1.29, 1.82) is 0 Å². The van der Waals surface area contributed by atoms with Crippen LogP contribution in [0.4, 0.5) is 4.79 Å². The summed E-state index contributed by atoms with van der Waals surface area (Å²) in [6.07, 6.45) is 11.8. The Balaban J connectivity index is 2.40. The fraction of sp³-hybridized carbons (Fsp3) is 0.880. The Morgan fingerprint density at radius 3 is 1.94 bits per heavy atom. The number of nitrogens with zero attached hydrogens (tertiary/aromatic N) is 3. The Hall–Kier alpha value is -1.83. The largest absolute Gasteiger partial charge is 0.466 e. The lowest BCUT2D eigenvalue weighted by molar-refractivity contribution is -0.143. The number of ether oxygens (including phenoxy) is 1. The zero-order valence-corrected chi connectivity index (χ0v) is 21.1. The lowest BCUT2D eigenvalue weighted by atomic mass is 10.1. The first-order valence-corrected chi connectivity index (χ1v) is 13.1. The number of rotatable bonds is 18. The Morgan fingerprint density at radius 1 is 0.758 bits per heavy atom. The van der Waals surface area contributed by atoms with E-state index in [-0.39, 0.29) is 11.9 Å². The number of carbonyl (C=O) groups is 3. The summed E-state index contributed by atoms with van der Waals surface area (Å²) in [5.74, 6) is -0.108. The molecule has 1 aliphatic rings. The minimum atomic E-state index is -0.927. The van der Waals surface area contributed by atoms with Crippen LogP contribution in [0.25, 0.3) is 0 Å². The van der Waals surface area contributed by atoms with Gasteiger partial charge in [-0.3, -0.25) is 14.5 Å². The van der Waals surface area contributed by atoms with Crippen LogP contribution in [-0.2, 0) is 14.3 Å². The normalized spacial score (nSPS) is 14.0. The summed E-state index contributed by atoms with van der Waals surface area (Å²) in [5, 5.41) is 9.10. The molecule has 0 aromatic rings. The summed E-state index contributed by atoms with van der Waals surface area (Å²) < 4.78 is 5.29. The third-order valence-electron chi connectivity index (χ3n) is 6.21. The number of carbonyl (C=O) groups excluding carboxylic acids is 2. The van der Waals surface area contributed by atoms with E-state index in [9.17, 15) is 14.4 Å². The van der Waals surface area contributed by atoms with E-state index >= 15 is 0 Å². The van der Waals surface area contributed by atoms with E-state index in [2.05, 4.69) is 18.7 Å². The van der Waals surface area contributed by atoms with Crippen molar-refractivity contribution in [3.05, 3.63) is 0 Å². The molecule has 1 saturated heterocycles. The van der Waals surface area contributed by atoms with Crippen LogP contribution in [0.2, 0.25) is 0 Å². The highest BCUT2D eigenvalue weighted by Crippen LogP contribution is 2.10. The highest BCUT2D eigenvalue weighted by molar-refractivity contribution is 5.78. The lowest BCUT2D eigenvalue weighted by Crippen LogP contribution is -2.52. The number of unbranched alkanes of at least 4 members (excludes halogenated alkanes) is 8. The Labute approximate surface area is 200 Å². The number of piperazine rings is 1. The van der Waals surface area contributed by atoms with E-state index in [1.165, 1.54) is 37.0 Å². The maximum absolute atomic E-state index is 12.8. The SMILES string of the molecule is CCCCCCCCCN(CCCC(=O)OCCCCC)CC(=O)N1CCN(C(=O)O)CC1. The van der Waals surface area contributed by atoms with Crippen LogP contribution >= 0.6 is 0 Å². The summed E-state index contributed by atoms with van der Waals surface area (Å²) in [6.45, 7) is 8.32. The molecule has 0 spiro atoms. The molecular formula is C25H47N3O5. The van der Waals surface area contributed by atoms with Gasteiger partial charge in [0.25, 0.3) is 0 Å². The number of hydrogen-bond donors (Lipinski definition) is 1. The molecule has 0 aromatic heterocycles. The number of amides is 2. The number of esters is 1. The molecule has 1 fully saturated rings. The van der Waals surface area contributed by atoms with Crippen LogP contribution < -0.4 is 0 Å². The van der Waals surface area contributed by atoms with E-state index in [1.54, 1.807) is 4.90 Å². The van der Waals surface area contributed by atoms with Gasteiger partial charge < -0.3 is 19.6 Å². The fourth-order valence-corrected chi connectivity index (χ4v) is 4.06. The fourth-order valence-electron chi connectivity index (χ4n) is 4.06. The van der Waals surface area contributed by atoms with E-state index in [1.807, 2.05) is 0 Å². The molecule has 0 radical (unpaired) electrons. The molecule has 1 rings (SSSR count). The van der Waals surface area contributed by atoms with Crippen molar-refractivity contribution in [3.63, 3.8) is 0 Å². The molecule has 0 unspecified atom stereocenters. The minimum absolute atomic E-state index is 0.0464. The molecule has 33 heavy (non-hydrogen) atoms. The third kappa shape index (κ3) is 14.1. The van der Waals surface area contributed by atoms with Crippen LogP contribution in [0, 0.1) is 0 Å². The van der Waals surface area contributed by atoms with Gasteiger partial charge in [-0.25, -0.2) is 4.79 Å². The second kappa shape index (κ2) is 18.6. The predicted molar refractivity (Wildman–Crippen MR) is 130 cm³/mol. The van der Waals surface area contributed by atoms with Crippen molar-refractivity contribution < 1.29 is 24.2 Å². The van der Waals surface area contributed by atoms with Gasteiger partial charge in [0.2, 0.25) is 5.91 Å². The standard InChI is InChI=1S/C25H47N3O5/c1-3-5-7-8-9-10-11-15-26(16-13-14-24(30)33-21-12-6-4-2)22-23(29)27-17-19-28(20-18-27)25(31)32/h3-22H2,1-2H3,(H,31,32). The average Bonchev–Trinajstić information content (AvgIpc) is 2.81. The molecule has 1 aliphatic heterocycles. The molecule has 2 amide bonds. The van der Waals surface area contributed by atoms with Crippen LogP contribution in [0.1, 0.15) is 90.9 Å². The second-order valence-electron chi connectivity index (χ2n) is 9.08. The maximum Gasteiger partial charge on any atom is 0.407 e. The van der Waals surface area contributed by atoms with Crippen molar-refractivity contribution in [1.82, 2.24) is 14.7 Å². The van der Waals surface area contributed by atoms with Crippen molar-refractivity contribution in [2.24, 2.45) is 0 Å². The molecule has 8 nitrogen and oxygen atoms in total. The number of carboxylic acid groups (broad SMARTS) is 1. The van der Waals surface area contributed by atoms with Crippen molar-refractivity contribution in [2.75, 3.05) is 52.4 Å². The van der Waals surface area contributed by atoms with E-state index in [0.29, 0.717) is 58.7 Å². The second-order valence-corrected chi connectivity index (χ2v) is 9.08. The minimum Gasteiger partial charge on any atom is -0.466 e. The molecule has 8 heteroatoms. The molecule has 0 bridgehead atoms. The van der Waals surface area contributed by atoms with Gasteiger partial charge in [-0.1, -0.05) is 65.2 Å². The lowest BCUT2D eigenvalue weighted by Gasteiger charge is -2.34. The average molecular weight is 470 g/mol. The van der Waals surface area contributed by atoms with Crippen LogP contribution in [0.3, 0.4) is 0 Å². The maximum atomic E-state index is 12.8. The van der Waals surface area contributed by atoms with Gasteiger partial charge in [-0.05, 0) is 32.4 Å². The van der Waals surface area contributed by atoms with Gasteiger partial charge in [-0.2, -0.15) is 0 Å². The van der Waals surface area contributed by atoms with E-state index < -0.39 is 6.09 Å². The molecule has 0 aliphatic carbocycles. The van der Waals surface area contributed by atoms with Gasteiger partial charge in [0, 0.05) is 32.6 Å². The zero-order chi connectivity index (χ0) is 24.3. The molecule has 1 N–H and O–H groups in total. The van der Waals surface area contributed by atoms with E-state index in [0.717, 1.165) is 38.6 Å². The van der Waals surface area contributed by atoms with Crippen LogP contribution in [0.5, 0.6) is 0 Å².